The first-order valence-corrected chi connectivity index (χ1v) is 9.01. The number of hydrogen-bond donors (Lipinski definition) is 0. The Balaban J connectivity index is 1.76. The fourth-order valence-corrected chi connectivity index (χ4v) is 3.65. The van der Waals surface area contributed by atoms with Crippen molar-refractivity contribution < 1.29 is 9.47 Å². The first-order chi connectivity index (χ1) is 13.1. The van der Waals surface area contributed by atoms with E-state index < -0.39 is 0 Å². The SMILES string of the molecule is COc1ccc(C2=CC=NC3=CCN(c4ccc(C)cc4Cl)N32)cc1OC. The van der Waals surface area contributed by atoms with Gasteiger partial charge in [0.15, 0.2) is 11.5 Å². The van der Waals surface area contributed by atoms with Crippen molar-refractivity contribution in [1.29, 1.82) is 0 Å². The molecule has 0 unspecified atom stereocenters. The van der Waals surface area contributed by atoms with Gasteiger partial charge in [-0.25, -0.2) is 10.0 Å². The average molecular weight is 382 g/mol. The summed E-state index contributed by atoms with van der Waals surface area (Å²) in [6.07, 6.45) is 5.88. The lowest BCUT2D eigenvalue weighted by atomic mass is 10.1. The maximum absolute atomic E-state index is 6.54. The van der Waals surface area contributed by atoms with E-state index in [9.17, 15) is 0 Å². The van der Waals surface area contributed by atoms with E-state index in [1.807, 2.05) is 49.5 Å². The van der Waals surface area contributed by atoms with Crippen LogP contribution in [0.3, 0.4) is 0 Å². The summed E-state index contributed by atoms with van der Waals surface area (Å²) >= 11 is 6.54. The first kappa shape index (κ1) is 17.5. The first-order valence-electron chi connectivity index (χ1n) is 8.63. The molecule has 0 amide bonds. The normalized spacial score (nSPS) is 15.4. The van der Waals surface area contributed by atoms with Gasteiger partial charge in [-0.2, -0.15) is 0 Å². The van der Waals surface area contributed by atoms with Gasteiger partial charge in [0.25, 0.3) is 0 Å². The minimum atomic E-state index is 0.683. The Labute approximate surface area is 163 Å². The Morgan fingerprint density at radius 1 is 1.04 bits per heavy atom. The molecule has 27 heavy (non-hydrogen) atoms. The van der Waals surface area contributed by atoms with Crippen LogP contribution in [0.15, 0.2) is 59.4 Å². The van der Waals surface area contributed by atoms with Crippen LogP contribution >= 0.6 is 11.6 Å². The molecule has 0 bridgehead atoms. The molecule has 0 saturated heterocycles. The molecule has 0 spiro atoms. The predicted octanol–water partition coefficient (Wildman–Crippen LogP) is 4.67. The number of hydrazine groups is 1. The minimum Gasteiger partial charge on any atom is -0.493 e. The van der Waals surface area contributed by atoms with Crippen molar-refractivity contribution in [3.8, 4) is 11.5 Å². The van der Waals surface area contributed by atoms with Crippen molar-refractivity contribution >= 4 is 29.2 Å². The number of aliphatic imine (C=N–C) groups is 1. The third kappa shape index (κ3) is 3.04. The quantitative estimate of drug-likeness (QED) is 0.771. The van der Waals surface area contributed by atoms with E-state index >= 15 is 0 Å². The number of benzene rings is 2. The van der Waals surface area contributed by atoms with Crippen LogP contribution in [0.4, 0.5) is 5.69 Å². The molecule has 0 N–H and O–H groups in total. The summed E-state index contributed by atoms with van der Waals surface area (Å²) in [5.74, 6) is 2.25. The van der Waals surface area contributed by atoms with Crippen LogP contribution in [0, 0.1) is 6.92 Å². The molecule has 2 aromatic carbocycles. The third-order valence-electron chi connectivity index (χ3n) is 4.63. The number of halogens is 1. The van der Waals surface area contributed by atoms with Gasteiger partial charge in [-0.3, -0.25) is 5.01 Å². The summed E-state index contributed by atoms with van der Waals surface area (Å²) < 4.78 is 10.8. The van der Waals surface area contributed by atoms with Crippen molar-refractivity contribution in [3.63, 3.8) is 0 Å². The van der Waals surface area contributed by atoms with E-state index in [2.05, 4.69) is 27.2 Å². The Kier molecular flexibility index (Phi) is 4.54. The second-order valence-corrected chi connectivity index (χ2v) is 6.72. The zero-order valence-electron chi connectivity index (χ0n) is 15.4. The molecule has 138 valence electrons. The van der Waals surface area contributed by atoms with Gasteiger partial charge in [0.2, 0.25) is 0 Å². The Morgan fingerprint density at radius 2 is 1.85 bits per heavy atom. The van der Waals surface area contributed by atoms with Crippen LogP contribution < -0.4 is 14.5 Å². The van der Waals surface area contributed by atoms with Gasteiger partial charge in [0.05, 0.1) is 37.2 Å². The number of methoxy groups -OCH3 is 2. The van der Waals surface area contributed by atoms with Crippen LogP contribution in [-0.2, 0) is 0 Å². The van der Waals surface area contributed by atoms with E-state index in [-0.39, 0.29) is 0 Å². The monoisotopic (exact) mass is 381 g/mol. The number of allylic oxidation sites excluding steroid dienone is 1. The van der Waals surface area contributed by atoms with Crippen LogP contribution in [0.25, 0.3) is 5.70 Å². The van der Waals surface area contributed by atoms with Crippen LogP contribution in [-0.4, -0.2) is 32.0 Å². The smallest absolute Gasteiger partial charge is 0.161 e. The van der Waals surface area contributed by atoms with Crippen molar-refractivity contribution in [3.05, 3.63) is 70.5 Å². The summed E-state index contributed by atoms with van der Waals surface area (Å²) in [5.41, 5.74) is 4.06. The van der Waals surface area contributed by atoms with Gasteiger partial charge in [0.1, 0.15) is 5.82 Å². The number of hydrogen-bond acceptors (Lipinski definition) is 5. The maximum atomic E-state index is 6.54. The largest absolute Gasteiger partial charge is 0.493 e. The predicted molar refractivity (Wildman–Crippen MR) is 109 cm³/mol. The number of ether oxygens (including phenoxy) is 2. The Morgan fingerprint density at radius 3 is 2.59 bits per heavy atom. The van der Waals surface area contributed by atoms with Gasteiger partial charge >= 0.3 is 0 Å². The topological polar surface area (TPSA) is 37.3 Å². The molecular weight excluding hydrogens is 362 g/mol. The van der Waals surface area contributed by atoms with E-state index in [1.165, 1.54) is 0 Å². The highest BCUT2D eigenvalue weighted by Gasteiger charge is 2.31. The number of anilines is 1. The summed E-state index contributed by atoms with van der Waals surface area (Å²) in [6, 6.07) is 12.0. The zero-order chi connectivity index (χ0) is 19.0. The maximum Gasteiger partial charge on any atom is 0.161 e. The number of aryl methyl sites for hydroxylation is 1. The molecule has 4 rings (SSSR count). The van der Waals surface area contributed by atoms with Crippen molar-refractivity contribution in [1.82, 2.24) is 5.01 Å². The molecule has 0 fully saturated rings. The van der Waals surface area contributed by atoms with Crippen molar-refractivity contribution in [2.45, 2.75) is 6.92 Å². The summed E-state index contributed by atoms with van der Waals surface area (Å²) in [4.78, 5) is 4.51. The number of rotatable bonds is 4. The molecule has 2 aliphatic heterocycles. The summed E-state index contributed by atoms with van der Waals surface area (Å²) in [6.45, 7) is 2.73. The highest BCUT2D eigenvalue weighted by atomic mass is 35.5. The fraction of sp³-hybridized carbons (Fsp3) is 0.190. The summed E-state index contributed by atoms with van der Waals surface area (Å²) in [5, 5.41) is 4.92. The van der Waals surface area contributed by atoms with E-state index in [0.717, 1.165) is 28.3 Å². The minimum absolute atomic E-state index is 0.683. The highest BCUT2D eigenvalue weighted by Crippen LogP contribution is 2.40. The van der Waals surface area contributed by atoms with Gasteiger partial charge in [0, 0.05) is 11.8 Å². The third-order valence-corrected chi connectivity index (χ3v) is 4.94. The molecule has 0 radical (unpaired) electrons. The van der Waals surface area contributed by atoms with Crippen molar-refractivity contribution in [2.24, 2.45) is 4.99 Å². The molecule has 0 saturated carbocycles. The van der Waals surface area contributed by atoms with E-state index in [1.54, 1.807) is 14.2 Å². The van der Waals surface area contributed by atoms with Gasteiger partial charge in [-0.15, -0.1) is 0 Å². The van der Waals surface area contributed by atoms with Crippen LogP contribution in [0.2, 0.25) is 5.02 Å². The molecule has 2 heterocycles. The van der Waals surface area contributed by atoms with Crippen LogP contribution in [0.1, 0.15) is 11.1 Å². The van der Waals surface area contributed by atoms with E-state index in [4.69, 9.17) is 21.1 Å². The lowest BCUT2D eigenvalue weighted by Crippen LogP contribution is -2.37. The molecule has 0 aromatic heterocycles. The Bertz CT molecular complexity index is 981. The van der Waals surface area contributed by atoms with Gasteiger partial charge < -0.3 is 9.47 Å². The second-order valence-electron chi connectivity index (χ2n) is 6.31. The lowest BCUT2D eigenvalue weighted by molar-refractivity contribution is 0.354. The second kappa shape index (κ2) is 7.00. The lowest BCUT2D eigenvalue weighted by Gasteiger charge is -2.36. The molecule has 0 aliphatic carbocycles. The fourth-order valence-electron chi connectivity index (χ4n) is 3.32. The molecule has 6 heteroatoms. The molecule has 2 aromatic rings. The van der Waals surface area contributed by atoms with Crippen LogP contribution in [0.5, 0.6) is 11.5 Å². The number of fused-ring (bicyclic) bond motifs is 1. The standard InChI is InChI=1S/C21H20ClN3O2/c1-14-4-6-18(16(22)12-14)24-11-9-21-23-10-8-17(25(21)24)15-5-7-19(26-2)20(13-15)27-3/h4-10,12-13H,11H2,1-3H3. The zero-order valence-corrected chi connectivity index (χ0v) is 16.2. The van der Waals surface area contributed by atoms with Gasteiger partial charge in [-0.05, 0) is 55.0 Å². The molecular formula is C21H20ClN3O2. The van der Waals surface area contributed by atoms with Gasteiger partial charge in [-0.1, -0.05) is 17.7 Å². The molecule has 2 aliphatic rings. The molecule has 5 nitrogen and oxygen atoms in total. The summed E-state index contributed by atoms with van der Waals surface area (Å²) in [7, 11) is 3.27. The van der Waals surface area contributed by atoms with E-state index in [0.29, 0.717) is 23.1 Å². The molecule has 0 atom stereocenters. The van der Waals surface area contributed by atoms with Crippen molar-refractivity contribution in [2.75, 3.05) is 25.8 Å². The average Bonchev–Trinajstić information content (AvgIpc) is 3.11. The Hall–Kier alpha value is -2.92. The highest BCUT2D eigenvalue weighted by molar-refractivity contribution is 6.33. The number of nitrogens with zero attached hydrogens (tertiary/aromatic N) is 3.